The summed E-state index contributed by atoms with van der Waals surface area (Å²) in [5.74, 6) is 0.324. The Labute approximate surface area is 78.3 Å². The molecule has 13 heavy (non-hydrogen) atoms. The van der Waals surface area contributed by atoms with Gasteiger partial charge in [0.15, 0.2) is 0 Å². The lowest BCUT2D eigenvalue weighted by Gasteiger charge is -2.01. The quantitative estimate of drug-likeness (QED) is 0.537. The summed E-state index contributed by atoms with van der Waals surface area (Å²) in [4.78, 5) is 0. The number of phenols is 1. The summed E-state index contributed by atoms with van der Waals surface area (Å²) in [5, 5.41) is 9.38. The number of hydrogen-bond acceptors (Lipinski definition) is 1. The molecule has 0 amide bonds. The van der Waals surface area contributed by atoms with E-state index in [0.29, 0.717) is 5.75 Å². The zero-order chi connectivity index (χ0) is 9.68. The van der Waals surface area contributed by atoms with E-state index in [1.807, 2.05) is 31.2 Å². The molecule has 0 bridgehead atoms. The predicted molar refractivity (Wildman–Crippen MR) is 55.6 cm³/mol. The molecule has 0 aliphatic rings. The van der Waals surface area contributed by atoms with Crippen molar-refractivity contribution in [3.05, 3.63) is 53.8 Å². The minimum absolute atomic E-state index is 0.324. The minimum atomic E-state index is 0.324. The molecule has 0 saturated carbocycles. The van der Waals surface area contributed by atoms with Crippen molar-refractivity contribution >= 4 is 6.08 Å². The van der Waals surface area contributed by atoms with E-state index >= 15 is 0 Å². The molecule has 0 radical (unpaired) electrons. The number of aromatic hydroxyl groups is 1. The Bertz CT molecular complexity index is 369. The molecule has 0 aromatic heterocycles. The van der Waals surface area contributed by atoms with Gasteiger partial charge in [-0.1, -0.05) is 30.9 Å². The van der Waals surface area contributed by atoms with Crippen LogP contribution in [0.15, 0.2) is 42.7 Å². The normalized spacial score (nSPS) is 9.92. The van der Waals surface area contributed by atoms with Crippen LogP contribution >= 0.6 is 0 Å². The molecule has 0 unspecified atom stereocenters. The van der Waals surface area contributed by atoms with Gasteiger partial charge < -0.3 is 5.11 Å². The van der Waals surface area contributed by atoms with Gasteiger partial charge in [-0.15, -0.1) is 5.73 Å². The van der Waals surface area contributed by atoms with Crippen LogP contribution in [-0.4, -0.2) is 5.11 Å². The second-order valence-corrected chi connectivity index (χ2v) is 2.72. The highest BCUT2D eigenvalue weighted by Crippen LogP contribution is 2.20. The molecule has 1 rings (SSSR count). The van der Waals surface area contributed by atoms with Crippen molar-refractivity contribution < 1.29 is 5.11 Å². The summed E-state index contributed by atoms with van der Waals surface area (Å²) < 4.78 is 0. The smallest absolute Gasteiger partial charge is 0.119 e. The van der Waals surface area contributed by atoms with E-state index in [2.05, 4.69) is 12.3 Å². The highest BCUT2D eigenvalue weighted by Gasteiger charge is 1.97. The number of phenolic OH excluding ortho intramolecular Hbond substituents is 1. The second-order valence-electron chi connectivity index (χ2n) is 2.72. The maximum atomic E-state index is 9.38. The SMILES string of the molecule is C=C=C/C=C\c1cccc(O)c1C. The Hall–Kier alpha value is -1.72. The fourth-order valence-electron chi connectivity index (χ4n) is 1.04. The van der Waals surface area contributed by atoms with E-state index in [1.54, 1.807) is 12.1 Å². The Morgan fingerprint density at radius 3 is 2.92 bits per heavy atom. The Balaban J connectivity index is 3.01. The van der Waals surface area contributed by atoms with Crippen LogP contribution in [0.25, 0.3) is 6.08 Å². The van der Waals surface area contributed by atoms with E-state index in [-0.39, 0.29) is 0 Å². The number of benzene rings is 1. The van der Waals surface area contributed by atoms with Crippen LogP contribution in [0.5, 0.6) is 5.75 Å². The fraction of sp³-hybridized carbons (Fsp3) is 0.0833. The molecule has 1 nitrogen and oxygen atoms in total. The van der Waals surface area contributed by atoms with Crippen LogP contribution in [0.4, 0.5) is 0 Å². The van der Waals surface area contributed by atoms with Gasteiger partial charge in [0.25, 0.3) is 0 Å². The van der Waals surface area contributed by atoms with Crippen molar-refractivity contribution in [2.24, 2.45) is 0 Å². The van der Waals surface area contributed by atoms with Crippen molar-refractivity contribution in [2.45, 2.75) is 6.92 Å². The monoisotopic (exact) mass is 172 g/mol. The molecule has 0 spiro atoms. The lowest BCUT2D eigenvalue weighted by molar-refractivity contribution is 0.471. The van der Waals surface area contributed by atoms with Gasteiger partial charge in [-0.2, -0.15) is 0 Å². The first-order valence-corrected chi connectivity index (χ1v) is 4.07. The average molecular weight is 172 g/mol. The van der Waals surface area contributed by atoms with Crippen molar-refractivity contribution in [1.29, 1.82) is 0 Å². The van der Waals surface area contributed by atoms with Crippen molar-refractivity contribution in [3.63, 3.8) is 0 Å². The number of allylic oxidation sites excluding steroid dienone is 2. The summed E-state index contributed by atoms with van der Waals surface area (Å²) in [5.41, 5.74) is 4.54. The largest absolute Gasteiger partial charge is 0.508 e. The molecule has 0 aliphatic heterocycles. The van der Waals surface area contributed by atoms with Gasteiger partial charge in [-0.05, 0) is 30.2 Å². The molecule has 1 aromatic rings. The molecule has 0 heterocycles. The third-order valence-corrected chi connectivity index (χ3v) is 1.84. The van der Waals surface area contributed by atoms with Crippen molar-refractivity contribution in [1.82, 2.24) is 0 Å². The van der Waals surface area contributed by atoms with E-state index < -0.39 is 0 Å². The van der Waals surface area contributed by atoms with E-state index in [1.165, 1.54) is 0 Å². The zero-order valence-electron chi connectivity index (χ0n) is 7.62. The van der Waals surface area contributed by atoms with Crippen LogP contribution in [0.1, 0.15) is 11.1 Å². The van der Waals surface area contributed by atoms with Crippen LogP contribution in [0.2, 0.25) is 0 Å². The van der Waals surface area contributed by atoms with Crippen LogP contribution < -0.4 is 0 Å². The van der Waals surface area contributed by atoms with Gasteiger partial charge >= 0.3 is 0 Å². The minimum Gasteiger partial charge on any atom is -0.508 e. The number of hydrogen-bond donors (Lipinski definition) is 1. The molecular formula is C12H12O. The highest BCUT2D eigenvalue weighted by molar-refractivity contribution is 5.58. The molecule has 1 aromatic carbocycles. The molecule has 0 saturated heterocycles. The fourth-order valence-corrected chi connectivity index (χ4v) is 1.04. The summed E-state index contributed by atoms with van der Waals surface area (Å²) in [7, 11) is 0. The lowest BCUT2D eigenvalue weighted by atomic mass is 10.1. The first-order valence-electron chi connectivity index (χ1n) is 4.07. The van der Waals surface area contributed by atoms with Gasteiger partial charge in [0.2, 0.25) is 0 Å². The Morgan fingerprint density at radius 2 is 2.23 bits per heavy atom. The van der Waals surface area contributed by atoms with Gasteiger partial charge in [-0.3, -0.25) is 0 Å². The average Bonchev–Trinajstić information content (AvgIpc) is 2.13. The van der Waals surface area contributed by atoms with Gasteiger partial charge in [0.05, 0.1) is 0 Å². The Kier molecular flexibility index (Phi) is 3.13. The van der Waals surface area contributed by atoms with Crippen LogP contribution in [-0.2, 0) is 0 Å². The molecular weight excluding hydrogens is 160 g/mol. The van der Waals surface area contributed by atoms with E-state index in [9.17, 15) is 5.11 Å². The lowest BCUT2D eigenvalue weighted by Crippen LogP contribution is -1.79. The maximum Gasteiger partial charge on any atom is 0.119 e. The topological polar surface area (TPSA) is 20.2 Å². The van der Waals surface area contributed by atoms with Gasteiger partial charge in [0, 0.05) is 0 Å². The molecule has 1 heteroatoms. The highest BCUT2D eigenvalue weighted by atomic mass is 16.3. The summed E-state index contributed by atoms with van der Waals surface area (Å²) in [6.07, 6.45) is 5.48. The Morgan fingerprint density at radius 1 is 1.46 bits per heavy atom. The maximum absolute atomic E-state index is 9.38. The van der Waals surface area contributed by atoms with Crippen LogP contribution in [0.3, 0.4) is 0 Å². The summed E-state index contributed by atoms with van der Waals surface area (Å²) in [6, 6.07) is 5.44. The van der Waals surface area contributed by atoms with Gasteiger partial charge in [-0.25, -0.2) is 0 Å². The standard InChI is InChI=1S/C12H12O/c1-3-4-5-7-11-8-6-9-12(13)10(11)2/h4-9,13H,1H2,2H3/b7-5-. The molecule has 66 valence electrons. The summed E-state index contributed by atoms with van der Waals surface area (Å²) >= 11 is 0. The molecule has 0 atom stereocenters. The second kappa shape index (κ2) is 4.34. The molecule has 1 N–H and O–H groups in total. The van der Waals surface area contributed by atoms with Crippen molar-refractivity contribution in [2.75, 3.05) is 0 Å². The first-order chi connectivity index (χ1) is 6.25. The van der Waals surface area contributed by atoms with Crippen molar-refractivity contribution in [3.8, 4) is 5.75 Å². The third kappa shape index (κ3) is 2.36. The molecule has 0 fully saturated rings. The predicted octanol–water partition coefficient (Wildman–Crippen LogP) is 3.05. The zero-order valence-corrected chi connectivity index (χ0v) is 7.62. The molecule has 0 aliphatic carbocycles. The van der Waals surface area contributed by atoms with E-state index in [4.69, 9.17) is 0 Å². The first kappa shape index (κ1) is 9.37. The number of rotatable bonds is 2. The van der Waals surface area contributed by atoms with E-state index in [0.717, 1.165) is 11.1 Å². The van der Waals surface area contributed by atoms with Gasteiger partial charge in [0.1, 0.15) is 5.75 Å². The third-order valence-electron chi connectivity index (χ3n) is 1.84. The van der Waals surface area contributed by atoms with Crippen LogP contribution in [0, 0.1) is 6.92 Å². The summed E-state index contributed by atoms with van der Waals surface area (Å²) in [6.45, 7) is 5.33.